The first-order valence-corrected chi connectivity index (χ1v) is 6.21. The van der Waals surface area contributed by atoms with E-state index in [2.05, 4.69) is 20.1 Å². The van der Waals surface area contributed by atoms with Crippen LogP contribution in [0.2, 0.25) is 0 Å². The molecule has 7 heteroatoms. The summed E-state index contributed by atoms with van der Waals surface area (Å²) in [6.45, 7) is 0. The van der Waals surface area contributed by atoms with Gasteiger partial charge in [0.05, 0.1) is 0 Å². The van der Waals surface area contributed by atoms with Crippen LogP contribution in [0.25, 0.3) is 34.1 Å². The van der Waals surface area contributed by atoms with Gasteiger partial charge < -0.3 is 14.7 Å². The third-order valence-corrected chi connectivity index (χ3v) is 3.00. The minimum Gasteiger partial charge on any atom is -0.453 e. The molecule has 0 atom stereocenters. The Morgan fingerprint density at radius 3 is 2.76 bits per heavy atom. The molecule has 0 spiro atoms. The molecule has 0 saturated heterocycles. The zero-order chi connectivity index (χ0) is 14.2. The number of benzene rings is 1. The molecule has 0 aliphatic rings. The Labute approximate surface area is 118 Å². The van der Waals surface area contributed by atoms with Gasteiger partial charge in [0.25, 0.3) is 5.89 Å². The van der Waals surface area contributed by atoms with Gasteiger partial charge in [-0.2, -0.15) is 4.98 Å². The lowest BCUT2D eigenvalue weighted by atomic mass is 10.2. The van der Waals surface area contributed by atoms with Gasteiger partial charge in [-0.25, -0.2) is 9.97 Å². The second-order valence-electron chi connectivity index (χ2n) is 4.36. The van der Waals surface area contributed by atoms with Crippen LogP contribution in [0.15, 0.2) is 51.7 Å². The van der Waals surface area contributed by atoms with Gasteiger partial charge >= 0.3 is 0 Å². The summed E-state index contributed by atoms with van der Waals surface area (Å²) in [4.78, 5) is 12.3. The first-order valence-electron chi connectivity index (χ1n) is 6.21. The van der Waals surface area contributed by atoms with E-state index >= 15 is 0 Å². The van der Waals surface area contributed by atoms with Crippen LogP contribution in [0.5, 0.6) is 0 Å². The predicted octanol–water partition coefficient (Wildman–Crippen LogP) is 2.52. The highest BCUT2D eigenvalue weighted by Crippen LogP contribution is 2.28. The Kier molecular flexibility index (Phi) is 2.43. The summed E-state index contributed by atoms with van der Waals surface area (Å²) >= 11 is 0. The molecule has 0 unspecified atom stereocenters. The molecule has 0 amide bonds. The minimum absolute atomic E-state index is 0.205. The van der Waals surface area contributed by atoms with Crippen molar-refractivity contribution in [2.24, 2.45) is 0 Å². The van der Waals surface area contributed by atoms with Gasteiger partial charge in [-0.15, -0.1) is 0 Å². The maximum Gasteiger partial charge on any atom is 0.280 e. The normalized spacial score (nSPS) is 11.0. The quantitative estimate of drug-likeness (QED) is 0.601. The van der Waals surface area contributed by atoms with E-state index in [-0.39, 0.29) is 11.7 Å². The van der Waals surface area contributed by atoms with Crippen LogP contribution in [0.3, 0.4) is 0 Å². The van der Waals surface area contributed by atoms with Crippen LogP contribution >= 0.6 is 0 Å². The van der Waals surface area contributed by atoms with Crippen molar-refractivity contribution in [2.75, 3.05) is 5.73 Å². The number of anilines is 1. The molecule has 102 valence electrons. The molecule has 2 N–H and O–H groups in total. The molecule has 7 nitrogen and oxygen atoms in total. The standard InChI is InChI=1S/C14H9N5O2/c15-12-11(16-5-6-17-12)14-18-13(19-21-14)10-7-8-3-1-2-4-9(8)20-10/h1-7H,(H2,15,17). The van der Waals surface area contributed by atoms with Crippen LogP contribution in [-0.2, 0) is 0 Å². The van der Waals surface area contributed by atoms with Crippen molar-refractivity contribution >= 4 is 16.8 Å². The van der Waals surface area contributed by atoms with E-state index in [4.69, 9.17) is 14.7 Å². The highest BCUT2D eigenvalue weighted by molar-refractivity contribution is 5.81. The molecule has 21 heavy (non-hydrogen) atoms. The molecule has 0 bridgehead atoms. The van der Waals surface area contributed by atoms with Gasteiger partial charge in [0.1, 0.15) is 5.58 Å². The zero-order valence-corrected chi connectivity index (χ0v) is 10.7. The van der Waals surface area contributed by atoms with Crippen molar-refractivity contribution in [2.45, 2.75) is 0 Å². The fourth-order valence-electron chi connectivity index (χ4n) is 2.03. The lowest BCUT2D eigenvalue weighted by Gasteiger charge is -1.95. The van der Waals surface area contributed by atoms with Crippen molar-refractivity contribution in [1.29, 1.82) is 0 Å². The molecular weight excluding hydrogens is 270 g/mol. The summed E-state index contributed by atoms with van der Waals surface area (Å²) in [7, 11) is 0. The Balaban J connectivity index is 1.79. The summed E-state index contributed by atoms with van der Waals surface area (Å²) in [5, 5.41) is 4.87. The number of fused-ring (bicyclic) bond motifs is 1. The van der Waals surface area contributed by atoms with E-state index in [1.165, 1.54) is 12.4 Å². The number of hydrogen-bond donors (Lipinski definition) is 1. The molecule has 0 saturated carbocycles. The number of rotatable bonds is 2. The van der Waals surface area contributed by atoms with Gasteiger partial charge in [-0.05, 0) is 12.1 Å². The zero-order valence-electron chi connectivity index (χ0n) is 10.7. The number of para-hydroxylation sites is 1. The highest BCUT2D eigenvalue weighted by Gasteiger charge is 2.17. The molecule has 3 heterocycles. The van der Waals surface area contributed by atoms with E-state index in [0.29, 0.717) is 17.3 Å². The minimum atomic E-state index is 0.205. The summed E-state index contributed by atoms with van der Waals surface area (Å²) in [5.74, 6) is 1.30. The van der Waals surface area contributed by atoms with Crippen molar-refractivity contribution in [3.8, 4) is 23.2 Å². The molecule has 1 aromatic carbocycles. The third-order valence-electron chi connectivity index (χ3n) is 3.00. The van der Waals surface area contributed by atoms with Gasteiger partial charge in [0, 0.05) is 17.8 Å². The molecule has 3 aromatic heterocycles. The number of furan rings is 1. The summed E-state index contributed by atoms with van der Waals surface area (Å²) < 4.78 is 10.9. The molecule has 0 fully saturated rings. The first kappa shape index (κ1) is 11.6. The van der Waals surface area contributed by atoms with E-state index < -0.39 is 0 Å². The lowest BCUT2D eigenvalue weighted by molar-refractivity contribution is 0.429. The second kappa shape index (κ2) is 4.41. The largest absolute Gasteiger partial charge is 0.453 e. The van der Waals surface area contributed by atoms with Gasteiger partial charge in [0.2, 0.25) is 5.82 Å². The van der Waals surface area contributed by atoms with Crippen molar-refractivity contribution < 1.29 is 8.94 Å². The summed E-state index contributed by atoms with van der Waals surface area (Å²) in [6.07, 6.45) is 3.01. The molecule has 0 aliphatic carbocycles. The van der Waals surface area contributed by atoms with Crippen LogP contribution in [-0.4, -0.2) is 20.1 Å². The number of nitrogens with zero attached hydrogens (tertiary/aromatic N) is 4. The molecule has 0 aliphatic heterocycles. The molecule has 4 rings (SSSR count). The third kappa shape index (κ3) is 1.91. The van der Waals surface area contributed by atoms with E-state index in [0.717, 1.165) is 11.0 Å². The van der Waals surface area contributed by atoms with Crippen LogP contribution in [0, 0.1) is 0 Å². The number of aromatic nitrogens is 4. The van der Waals surface area contributed by atoms with Crippen molar-refractivity contribution in [1.82, 2.24) is 20.1 Å². The molecular formula is C14H9N5O2. The smallest absolute Gasteiger partial charge is 0.280 e. The van der Waals surface area contributed by atoms with Gasteiger partial charge in [-0.1, -0.05) is 23.4 Å². The van der Waals surface area contributed by atoms with Crippen LogP contribution < -0.4 is 5.73 Å². The SMILES string of the molecule is Nc1nccnc1-c1nc(-c2cc3ccccc3o2)no1. The lowest BCUT2D eigenvalue weighted by Crippen LogP contribution is -1.95. The maximum atomic E-state index is 5.74. The number of nitrogen functional groups attached to an aromatic ring is 1. The van der Waals surface area contributed by atoms with E-state index in [1.807, 2.05) is 30.3 Å². The monoisotopic (exact) mass is 279 g/mol. The van der Waals surface area contributed by atoms with Gasteiger partial charge in [-0.3, -0.25) is 0 Å². The second-order valence-corrected chi connectivity index (χ2v) is 4.36. The Bertz CT molecular complexity index is 895. The first-order chi connectivity index (χ1) is 10.3. The Hall–Kier alpha value is -3.22. The fourth-order valence-corrected chi connectivity index (χ4v) is 2.03. The Morgan fingerprint density at radius 1 is 1.05 bits per heavy atom. The van der Waals surface area contributed by atoms with E-state index in [9.17, 15) is 0 Å². The highest BCUT2D eigenvalue weighted by atomic mass is 16.5. The fraction of sp³-hybridized carbons (Fsp3) is 0. The average Bonchev–Trinajstić information content (AvgIpc) is 3.14. The van der Waals surface area contributed by atoms with Crippen molar-refractivity contribution in [3.63, 3.8) is 0 Å². The van der Waals surface area contributed by atoms with E-state index in [1.54, 1.807) is 0 Å². The van der Waals surface area contributed by atoms with Crippen LogP contribution in [0.1, 0.15) is 0 Å². The summed E-state index contributed by atoms with van der Waals surface area (Å²) in [5.41, 5.74) is 6.85. The molecule has 0 radical (unpaired) electrons. The predicted molar refractivity (Wildman–Crippen MR) is 74.9 cm³/mol. The van der Waals surface area contributed by atoms with Crippen LogP contribution in [0.4, 0.5) is 5.82 Å². The number of hydrogen-bond acceptors (Lipinski definition) is 7. The van der Waals surface area contributed by atoms with Crippen molar-refractivity contribution in [3.05, 3.63) is 42.7 Å². The number of nitrogens with two attached hydrogens (primary N) is 1. The average molecular weight is 279 g/mol. The Morgan fingerprint density at radius 2 is 1.90 bits per heavy atom. The maximum absolute atomic E-state index is 5.74. The topological polar surface area (TPSA) is 104 Å². The molecule has 4 aromatic rings. The summed E-state index contributed by atoms with van der Waals surface area (Å²) in [6, 6.07) is 9.51. The van der Waals surface area contributed by atoms with Gasteiger partial charge in [0.15, 0.2) is 17.3 Å².